The number of hydroxylamine groups is 1. The number of hydrogen-bond acceptors (Lipinski definition) is 3. The molecule has 0 saturated carbocycles. The van der Waals surface area contributed by atoms with Gasteiger partial charge in [-0.25, -0.2) is 9.87 Å². The van der Waals surface area contributed by atoms with Gasteiger partial charge in [0.25, 0.3) is 5.91 Å². The molecular formula is C12H16FNO3. The highest BCUT2D eigenvalue weighted by Crippen LogP contribution is 2.16. The molecule has 0 radical (unpaired) electrons. The topological polar surface area (TPSA) is 47.6 Å². The van der Waals surface area contributed by atoms with Crippen molar-refractivity contribution in [3.63, 3.8) is 0 Å². The SMILES string of the molecule is COc1ccc(C(=O)NOCC(C)C)c(F)c1. The molecule has 0 atom stereocenters. The number of carbonyl (C=O) groups excluding carboxylic acids is 1. The molecule has 5 heteroatoms. The van der Waals surface area contributed by atoms with Crippen LogP contribution >= 0.6 is 0 Å². The lowest BCUT2D eigenvalue weighted by Gasteiger charge is -2.09. The van der Waals surface area contributed by atoms with E-state index in [-0.39, 0.29) is 11.5 Å². The van der Waals surface area contributed by atoms with Crippen LogP contribution in [0.3, 0.4) is 0 Å². The fourth-order valence-corrected chi connectivity index (χ4v) is 1.14. The first kappa shape index (κ1) is 13.4. The van der Waals surface area contributed by atoms with Crippen molar-refractivity contribution in [3.8, 4) is 5.75 Å². The lowest BCUT2D eigenvalue weighted by Crippen LogP contribution is -2.26. The predicted octanol–water partition coefficient (Wildman–Crippen LogP) is 2.15. The molecule has 0 spiro atoms. The number of rotatable bonds is 5. The second-order valence-electron chi connectivity index (χ2n) is 3.98. The Hall–Kier alpha value is -1.62. The number of carbonyl (C=O) groups is 1. The van der Waals surface area contributed by atoms with Crippen LogP contribution in [0.4, 0.5) is 4.39 Å². The number of amides is 1. The second kappa shape index (κ2) is 6.20. The van der Waals surface area contributed by atoms with Crippen LogP contribution in [0.25, 0.3) is 0 Å². The summed E-state index contributed by atoms with van der Waals surface area (Å²) in [6.07, 6.45) is 0. The maximum Gasteiger partial charge on any atom is 0.277 e. The van der Waals surface area contributed by atoms with Gasteiger partial charge >= 0.3 is 0 Å². The monoisotopic (exact) mass is 241 g/mol. The zero-order valence-corrected chi connectivity index (χ0v) is 10.1. The highest BCUT2D eigenvalue weighted by molar-refractivity contribution is 5.93. The summed E-state index contributed by atoms with van der Waals surface area (Å²) in [4.78, 5) is 16.5. The van der Waals surface area contributed by atoms with Crippen LogP contribution in [0.15, 0.2) is 18.2 Å². The number of ether oxygens (including phenoxy) is 1. The predicted molar refractivity (Wildman–Crippen MR) is 61.2 cm³/mol. The van der Waals surface area contributed by atoms with E-state index >= 15 is 0 Å². The number of halogens is 1. The third-order valence-corrected chi connectivity index (χ3v) is 2.00. The summed E-state index contributed by atoms with van der Waals surface area (Å²) in [5.74, 6) is -0.598. The van der Waals surface area contributed by atoms with E-state index in [1.807, 2.05) is 13.8 Å². The fraction of sp³-hybridized carbons (Fsp3) is 0.417. The van der Waals surface area contributed by atoms with E-state index in [0.29, 0.717) is 12.4 Å². The largest absolute Gasteiger partial charge is 0.497 e. The Kier molecular flexibility index (Phi) is 4.90. The third-order valence-electron chi connectivity index (χ3n) is 2.00. The van der Waals surface area contributed by atoms with Crippen molar-refractivity contribution in [1.29, 1.82) is 0 Å². The summed E-state index contributed by atoms with van der Waals surface area (Å²) in [6.45, 7) is 4.27. The van der Waals surface area contributed by atoms with E-state index in [1.54, 1.807) is 0 Å². The molecule has 0 bridgehead atoms. The molecule has 0 saturated heterocycles. The molecule has 0 heterocycles. The van der Waals surface area contributed by atoms with Crippen LogP contribution < -0.4 is 10.2 Å². The van der Waals surface area contributed by atoms with E-state index in [2.05, 4.69) is 5.48 Å². The number of methoxy groups -OCH3 is 1. The summed E-state index contributed by atoms with van der Waals surface area (Å²) in [7, 11) is 1.43. The quantitative estimate of drug-likeness (QED) is 0.803. The van der Waals surface area contributed by atoms with E-state index in [4.69, 9.17) is 9.57 Å². The average molecular weight is 241 g/mol. The average Bonchev–Trinajstić information content (AvgIpc) is 2.28. The van der Waals surface area contributed by atoms with E-state index in [9.17, 15) is 9.18 Å². The third kappa shape index (κ3) is 4.03. The second-order valence-corrected chi connectivity index (χ2v) is 3.98. The molecule has 0 aromatic heterocycles. The summed E-state index contributed by atoms with van der Waals surface area (Å²) >= 11 is 0. The van der Waals surface area contributed by atoms with Gasteiger partial charge in [0.15, 0.2) is 0 Å². The van der Waals surface area contributed by atoms with Gasteiger partial charge in [0, 0.05) is 6.07 Å². The maximum absolute atomic E-state index is 13.5. The van der Waals surface area contributed by atoms with Gasteiger partial charge in [-0.3, -0.25) is 9.63 Å². The lowest BCUT2D eigenvalue weighted by molar-refractivity contribution is 0.0205. The van der Waals surface area contributed by atoms with Crippen molar-refractivity contribution in [2.24, 2.45) is 5.92 Å². The Balaban J connectivity index is 2.63. The molecule has 1 amide bonds. The van der Waals surface area contributed by atoms with Crippen LogP contribution in [0.2, 0.25) is 0 Å². The van der Waals surface area contributed by atoms with Gasteiger partial charge in [0.2, 0.25) is 0 Å². The molecular weight excluding hydrogens is 225 g/mol. The smallest absolute Gasteiger partial charge is 0.277 e. The first-order valence-electron chi connectivity index (χ1n) is 5.30. The summed E-state index contributed by atoms with van der Waals surface area (Å²) in [6, 6.07) is 4.01. The minimum Gasteiger partial charge on any atom is -0.497 e. The lowest BCUT2D eigenvalue weighted by atomic mass is 10.2. The van der Waals surface area contributed by atoms with Crippen molar-refractivity contribution >= 4 is 5.91 Å². The van der Waals surface area contributed by atoms with Crippen LogP contribution in [0.1, 0.15) is 24.2 Å². The molecule has 1 N–H and O–H groups in total. The Bertz CT molecular complexity index is 393. The van der Waals surface area contributed by atoms with Crippen LogP contribution in [-0.4, -0.2) is 19.6 Å². The molecule has 0 aliphatic rings. The highest BCUT2D eigenvalue weighted by atomic mass is 19.1. The van der Waals surface area contributed by atoms with Crippen molar-refractivity contribution in [1.82, 2.24) is 5.48 Å². The Morgan fingerprint density at radius 3 is 2.71 bits per heavy atom. The summed E-state index contributed by atoms with van der Waals surface area (Å²) < 4.78 is 18.3. The van der Waals surface area contributed by atoms with Crippen molar-refractivity contribution < 1.29 is 18.8 Å². The maximum atomic E-state index is 13.5. The van der Waals surface area contributed by atoms with Crippen LogP contribution in [0.5, 0.6) is 5.75 Å². The minimum atomic E-state index is -0.644. The zero-order valence-electron chi connectivity index (χ0n) is 10.1. The Labute approximate surface area is 99.7 Å². The van der Waals surface area contributed by atoms with Crippen LogP contribution in [-0.2, 0) is 4.84 Å². The van der Waals surface area contributed by atoms with Gasteiger partial charge in [0.05, 0.1) is 19.3 Å². The van der Waals surface area contributed by atoms with Gasteiger partial charge in [-0.05, 0) is 18.1 Å². The van der Waals surface area contributed by atoms with Gasteiger partial charge in [-0.2, -0.15) is 0 Å². The van der Waals surface area contributed by atoms with Crippen molar-refractivity contribution in [2.75, 3.05) is 13.7 Å². The van der Waals surface area contributed by atoms with Gasteiger partial charge in [0.1, 0.15) is 11.6 Å². The highest BCUT2D eigenvalue weighted by Gasteiger charge is 2.12. The molecule has 4 nitrogen and oxygen atoms in total. The molecule has 1 rings (SSSR count). The van der Waals surface area contributed by atoms with Crippen LogP contribution in [0, 0.1) is 11.7 Å². The molecule has 0 unspecified atom stereocenters. The molecule has 17 heavy (non-hydrogen) atoms. The number of nitrogens with one attached hydrogen (secondary N) is 1. The van der Waals surface area contributed by atoms with E-state index < -0.39 is 11.7 Å². The minimum absolute atomic E-state index is 0.0745. The standard InChI is InChI=1S/C12H16FNO3/c1-8(2)7-17-14-12(15)10-5-4-9(16-3)6-11(10)13/h4-6,8H,7H2,1-3H3,(H,14,15). The molecule has 0 aliphatic carbocycles. The fourth-order valence-electron chi connectivity index (χ4n) is 1.14. The molecule has 0 fully saturated rings. The summed E-state index contributed by atoms with van der Waals surface area (Å²) in [5, 5.41) is 0. The van der Waals surface area contributed by atoms with Gasteiger partial charge in [-0.15, -0.1) is 0 Å². The molecule has 1 aromatic rings. The van der Waals surface area contributed by atoms with Crippen molar-refractivity contribution in [2.45, 2.75) is 13.8 Å². The first-order chi connectivity index (χ1) is 8.04. The summed E-state index contributed by atoms with van der Waals surface area (Å²) in [5.41, 5.74) is 2.11. The number of hydrogen-bond donors (Lipinski definition) is 1. The Morgan fingerprint density at radius 1 is 1.47 bits per heavy atom. The van der Waals surface area contributed by atoms with Crippen molar-refractivity contribution in [3.05, 3.63) is 29.6 Å². The number of benzene rings is 1. The molecule has 94 valence electrons. The molecule has 1 aromatic carbocycles. The van der Waals surface area contributed by atoms with Gasteiger partial charge < -0.3 is 4.74 Å². The van der Waals surface area contributed by atoms with E-state index in [0.717, 1.165) is 6.07 Å². The van der Waals surface area contributed by atoms with Gasteiger partial charge in [-0.1, -0.05) is 13.8 Å². The Morgan fingerprint density at radius 2 is 2.18 bits per heavy atom. The van der Waals surface area contributed by atoms with E-state index in [1.165, 1.54) is 19.2 Å². The first-order valence-corrected chi connectivity index (χ1v) is 5.30. The normalized spacial score (nSPS) is 10.4. The molecule has 0 aliphatic heterocycles. The zero-order chi connectivity index (χ0) is 12.8.